The van der Waals surface area contributed by atoms with Gasteiger partial charge in [0.05, 0.1) is 34.8 Å². The molecule has 0 aromatic heterocycles. The summed E-state index contributed by atoms with van der Waals surface area (Å²) in [6.07, 6.45) is 0.451. The lowest BCUT2D eigenvalue weighted by Gasteiger charge is -2.18. The van der Waals surface area contributed by atoms with Crippen LogP contribution in [0.25, 0.3) is 0 Å². The van der Waals surface area contributed by atoms with Gasteiger partial charge in [-0.15, -0.1) is 0 Å². The third-order valence-corrected chi connectivity index (χ3v) is 2.35. The quantitative estimate of drug-likeness (QED) is 0.785. The Bertz CT molecular complexity index is 428. The Labute approximate surface area is 94.1 Å². The van der Waals surface area contributed by atoms with Gasteiger partial charge in [-0.3, -0.25) is 0 Å². The van der Waals surface area contributed by atoms with Gasteiger partial charge in [-0.1, -0.05) is 11.6 Å². The highest BCUT2D eigenvalue weighted by Gasteiger charge is 2.06. The van der Waals surface area contributed by atoms with Crippen LogP contribution in [-0.4, -0.2) is 13.6 Å². The van der Waals surface area contributed by atoms with Crippen LogP contribution in [0.4, 0.5) is 5.69 Å². The van der Waals surface area contributed by atoms with Gasteiger partial charge in [0.25, 0.3) is 0 Å². The Kier molecular flexibility index (Phi) is 3.97. The summed E-state index contributed by atoms with van der Waals surface area (Å²) < 4.78 is 0. The zero-order valence-electron chi connectivity index (χ0n) is 8.37. The van der Waals surface area contributed by atoms with Crippen molar-refractivity contribution >= 4 is 17.3 Å². The Morgan fingerprint density at radius 2 is 2.13 bits per heavy atom. The van der Waals surface area contributed by atoms with E-state index in [1.165, 1.54) is 0 Å². The number of nitriles is 2. The van der Waals surface area contributed by atoms with Crippen molar-refractivity contribution in [2.45, 2.75) is 6.42 Å². The van der Waals surface area contributed by atoms with E-state index in [0.717, 1.165) is 5.69 Å². The van der Waals surface area contributed by atoms with Gasteiger partial charge in [0, 0.05) is 13.6 Å². The first kappa shape index (κ1) is 11.4. The average molecular weight is 220 g/mol. The zero-order chi connectivity index (χ0) is 11.3. The summed E-state index contributed by atoms with van der Waals surface area (Å²) in [7, 11) is 1.87. The first-order valence-electron chi connectivity index (χ1n) is 4.46. The molecule has 0 fully saturated rings. The topological polar surface area (TPSA) is 50.8 Å². The molecule has 4 heteroatoms. The normalized spacial score (nSPS) is 9.07. The van der Waals surface area contributed by atoms with Crippen LogP contribution in [0.1, 0.15) is 12.0 Å². The molecule has 0 spiro atoms. The van der Waals surface area contributed by atoms with E-state index in [9.17, 15) is 0 Å². The summed E-state index contributed by atoms with van der Waals surface area (Å²) in [5.41, 5.74) is 1.38. The van der Waals surface area contributed by atoms with E-state index in [2.05, 4.69) is 6.07 Å². The first-order valence-corrected chi connectivity index (χ1v) is 4.84. The van der Waals surface area contributed by atoms with E-state index >= 15 is 0 Å². The number of benzene rings is 1. The van der Waals surface area contributed by atoms with Crippen molar-refractivity contribution in [2.75, 3.05) is 18.5 Å². The predicted molar refractivity (Wildman–Crippen MR) is 59.7 cm³/mol. The SMILES string of the molecule is CN(CCC#N)c1ccc(C#N)cc1Cl. The second kappa shape index (κ2) is 5.24. The summed E-state index contributed by atoms with van der Waals surface area (Å²) in [6.45, 7) is 0.627. The smallest absolute Gasteiger partial charge is 0.0992 e. The van der Waals surface area contributed by atoms with Gasteiger partial charge in [-0.05, 0) is 18.2 Å². The summed E-state index contributed by atoms with van der Waals surface area (Å²) in [4.78, 5) is 1.90. The number of anilines is 1. The zero-order valence-corrected chi connectivity index (χ0v) is 9.12. The molecule has 0 aliphatic rings. The molecule has 0 N–H and O–H groups in total. The molecule has 0 saturated heterocycles. The van der Waals surface area contributed by atoms with Crippen molar-refractivity contribution < 1.29 is 0 Å². The molecule has 3 nitrogen and oxygen atoms in total. The predicted octanol–water partition coefficient (Wildman–Crippen LogP) is 2.56. The van der Waals surface area contributed by atoms with Crippen molar-refractivity contribution in [1.82, 2.24) is 0 Å². The van der Waals surface area contributed by atoms with Crippen molar-refractivity contribution in [3.63, 3.8) is 0 Å². The molecule has 1 aromatic rings. The van der Waals surface area contributed by atoms with E-state index in [0.29, 0.717) is 23.6 Å². The fourth-order valence-electron chi connectivity index (χ4n) is 1.22. The van der Waals surface area contributed by atoms with Crippen LogP contribution in [-0.2, 0) is 0 Å². The molecular weight excluding hydrogens is 210 g/mol. The van der Waals surface area contributed by atoms with E-state index in [1.54, 1.807) is 18.2 Å². The van der Waals surface area contributed by atoms with Crippen molar-refractivity contribution in [3.8, 4) is 12.1 Å². The minimum atomic E-state index is 0.451. The van der Waals surface area contributed by atoms with E-state index in [1.807, 2.05) is 18.0 Å². The summed E-state index contributed by atoms with van der Waals surface area (Å²) in [5, 5.41) is 17.7. The van der Waals surface area contributed by atoms with E-state index < -0.39 is 0 Å². The number of hydrogen-bond donors (Lipinski definition) is 0. The largest absolute Gasteiger partial charge is 0.372 e. The van der Waals surface area contributed by atoms with Gasteiger partial charge < -0.3 is 4.90 Å². The molecule has 0 amide bonds. The highest BCUT2D eigenvalue weighted by molar-refractivity contribution is 6.33. The first-order chi connectivity index (χ1) is 7.19. The van der Waals surface area contributed by atoms with Crippen LogP contribution >= 0.6 is 11.6 Å². The second-order valence-corrected chi connectivity index (χ2v) is 3.51. The molecule has 0 heterocycles. The maximum absolute atomic E-state index is 8.67. The van der Waals surface area contributed by atoms with Gasteiger partial charge in [-0.25, -0.2) is 0 Å². The number of rotatable bonds is 3. The molecule has 1 rings (SSSR count). The van der Waals surface area contributed by atoms with Crippen molar-refractivity contribution in [2.24, 2.45) is 0 Å². The van der Waals surface area contributed by atoms with Gasteiger partial charge in [-0.2, -0.15) is 10.5 Å². The third-order valence-electron chi connectivity index (χ3n) is 2.05. The minimum Gasteiger partial charge on any atom is -0.372 e. The lowest BCUT2D eigenvalue weighted by molar-refractivity contribution is 0.905. The van der Waals surface area contributed by atoms with E-state index in [4.69, 9.17) is 22.1 Å². The van der Waals surface area contributed by atoms with Crippen LogP contribution in [0.2, 0.25) is 5.02 Å². The Morgan fingerprint density at radius 3 is 2.67 bits per heavy atom. The number of hydrogen-bond acceptors (Lipinski definition) is 3. The minimum absolute atomic E-state index is 0.451. The summed E-state index contributed by atoms with van der Waals surface area (Å²) >= 11 is 6.01. The second-order valence-electron chi connectivity index (χ2n) is 3.11. The molecule has 0 bridgehead atoms. The van der Waals surface area contributed by atoms with E-state index in [-0.39, 0.29) is 0 Å². The Hall–Kier alpha value is -1.71. The molecule has 0 atom stereocenters. The highest BCUT2D eigenvalue weighted by Crippen LogP contribution is 2.25. The maximum atomic E-state index is 8.67. The van der Waals surface area contributed by atoms with Gasteiger partial charge in [0.1, 0.15) is 0 Å². The molecule has 0 saturated carbocycles. The third kappa shape index (κ3) is 2.87. The van der Waals surface area contributed by atoms with Crippen LogP contribution in [0.15, 0.2) is 18.2 Å². The molecule has 15 heavy (non-hydrogen) atoms. The lowest BCUT2D eigenvalue weighted by atomic mass is 10.2. The molecule has 1 aromatic carbocycles. The Morgan fingerprint density at radius 1 is 1.40 bits per heavy atom. The number of nitrogens with zero attached hydrogens (tertiary/aromatic N) is 3. The molecule has 0 aliphatic heterocycles. The molecule has 0 radical (unpaired) electrons. The fraction of sp³-hybridized carbons (Fsp3) is 0.273. The van der Waals surface area contributed by atoms with Gasteiger partial charge >= 0.3 is 0 Å². The highest BCUT2D eigenvalue weighted by atomic mass is 35.5. The summed E-state index contributed by atoms with van der Waals surface area (Å²) in [6, 6.07) is 9.22. The lowest BCUT2D eigenvalue weighted by Crippen LogP contribution is -2.18. The van der Waals surface area contributed by atoms with Gasteiger partial charge in [0.15, 0.2) is 0 Å². The summed E-state index contributed by atoms with van der Waals surface area (Å²) in [5.74, 6) is 0. The maximum Gasteiger partial charge on any atom is 0.0992 e. The van der Waals surface area contributed by atoms with Crippen LogP contribution in [0.5, 0.6) is 0 Å². The molecule has 0 aliphatic carbocycles. The Balaban J connectivity index is 2.87. The molecular formula is C11H10ClN3. The van der Waals surface area contributed by atoms with Gasteiger partial charge in [0.2, 0.25) is 0 Å². The number of halogens is 1. The fourth-order valence-corrected chi connectivity index (χ4v) is 1.55. The van der Waals surface area contributed by atoms with Crippen molar-refractivity contribution in [1.29, 1.82) is 10.5 Å². The monoisotopic (exact) mass is 219 g/mol. The van der Waals surface area contributed by atoms with Crippen LogP contribution < -0.4 is 4.90 Å². The standard InChI is InChI=1S/C11H10ClN3/c1-15(6-2-5-13)11-4-3-9(8-14)7-10(11)12/h3-4,7H,2,6H2,1H3. The van der Waals surface area contributed by atoms with Crippen LogP contribution in [0, 0.1) is 22.7 Å². The average Bonchev–Trinajstić information content (AvgIpc) is 2.25. The van der Waals surface area contributed by atoms with Crippen LogP contribution in [0.3, 0.4) is 0 Å². The van der Waals surface area contributed by atoms with Crippen molar-refractivity contribution in [3.05, 3.63) is 28.8 Å². The molecule has 0 unspecified atom stereocenters. The molecule has 76 valence electrons.